The first-order chi connectivity index (χ1) is 10.1. The number of aliphatic carboxylic acids is 1. The molecular formula is C16H15FN2O2. The van der Waals surface area contributed by atoms with Crippen molar-refractivity contribution in [2.24, 2.45) is 0 Å². The molecule has 1 N–H and O–H groups in total. The summed E-state index contributed by atoms with van der Waals surface area (Å²) in [5.41, 5.74) is 2.56. The van der Waals surface area contributed by atoms with Crippen molar-refractivity contribution >= 4 is 5.97 Å². The van der Waals surface area contributed by atoms with E-state index in [1.54, 1.807) is 12.3 Å². The van der Waals surface area contributed by atoms with Crippen molar-refractivity contribution in [2.75, 3.05) is 0 Å². The number of rotatable bonds is 3. The molecule has 4 nitrogen and oxygen atoms in total. The molecule has 0 radical (unpaired) electrons. The number of benzene rings is 1. The van der Waals surface area contributed by atoms with E-state index in [0.717, 1.165) is 16.8 Å². The molecule has 0 unspecified atom stereocenters. The van der Waals surface area contributed by atoms with Gasteiger partial charge in [0.05, 0.1) is 5.69 Å². The Balaban J connectivity index is 1.89. The molecule has 5 heteroatoms. The van der Waals surface area contributed by atoms with Gasteiger partial charge in [0.2, 0.25) is 0 Å². The molecule has 0 spiro atoms. The van der Waals surface area contributed by atoms with Crippen LogP contribution in [0.2, 0.25) is 0 Å². The molecule has 108 valence electrons. The number of nitrogens with zero attached hydrogens (tertiary/aromatic N) is 2. The van der Waals surface area contributed by atoms with E-state index in [-0.39, 0.29) is 5.82 Å². The number of aromatic nitrogens is 1. The molecule has 21 heavy (non-hydrogen) atoms. The summed E-state index contributed by atoms with van der Waals surface area (Å²) in [6.45, 7) is 0.856. The maximum atomic E-state index is 13.4. The van der Waals surface area contributed by atoms with Crippen molar-refractivity contribution < 1.29 is 14.3 Å². The highest BCUT2D eigenvalue weighted by Crippen LogP contribution is 2.25. The Morgan fingerprint density at radius 3 is 2.90 bits per heavy atom. The summed E-state index contributed by atoms with van der Waals surface area (Å²) in [4.78, 5) is 17.6. The standard InChI is InChI=1S/C16H15FN2O2/c17-13-5-4-11-8-15(16(20)21)19(9-12(11)7-13)10-14-3-1-2-6-18-14/h1-7,15H,8-10H2,(H,20,21)/t15-/m0/s1. The second-order valence-electron chi connectivity index (χ2n) is 5.20. The summed E-state index contributed by atoms with van der Waals surface area (Å²) in [6, 6.07) is 9.49. The minimum Gasteiger partial charge on any atom is -0.480 e. The van der Waals surface area contributed by atoms with Gasteiger partial charge in [0, 0.05) is 19.3 Å². The maximum Gasteiger partial charge on any atom is 0.321 e. The van der Waals surface area contributed by atoms with E-state index in [4.69, 9.17) is 0 Å². The number of carboxylic acids is 1. The largest absolute Gasteiger partial charge is 0.480 e. The van der Waals surface area contributed by atoms with Crippen molar-refractivity contribution in [3.63, 3.8) is 0 Å². The second-order valence-corrected chi connectivity index (χ2v) is 5.20. The molecule has 3 rings (SSSR count). The van der Waals surface area contributed by atoms with Gasteiger partial charge in [-0.3, -0.25) is 14.7 Å². The van der Waals surface area contributed by atoms with E-state index in [9.17, 15) is 14.3 Å². The van der Waals surface area contributed by atoms with Crippen LogP contribution in [0, 0.1) is 5.82 Å². The summed E-state index contributed by atoms with van der Waals surface area (Å²) < 4.78 is 13.4. The number of hydrogen-bond donors (Lipinski definition) is 1. The Hall–Kier alpha value is -2.27. The summed E-state index contributed by atoms with van der Waals surface area (Å²) in [7, 11) is 0. The smallest absolute Gasteiger partial charge is 0.321 e. The van der Waals surface area contributed by atoms with Crippen LogP contribution in [-0.2, 0) is 24.3 Å². The average Bonchev–Trinajstić information content (AvgIpc) is 2.47. The quantitative estimate of drug-likeness (QED) is 0.940. The summed E-state index contributed by atoms with van der Waals surface area (Å²) in [5.74, 6) is -1.15. The number of carboxylic acid groups (broad SMARTS) is 1. The van der Waals surface area contributed by atoms with Gasteiger partial charge in [0.25, 0.3) is 0 Å². The predicted molar refractivity (Wildman–Crippen MR) is 75.0 cm³/mol. The number of carbonyl (C=O) groups is 1. The maximum absolute atomic E-state index is 13.4. The molecule has 1 aromatic heterocycles. The first-order valence-corrected chi connectivity index (χ1v) is 6.77. The van der Waals surface area contributed by atoms with Gasteiger partial charge < -0.3 is 5.11 Å². The van der Waals surface area contributed by atoms with E-state index in [1.165, 1.54) is 12.1 Å². The summed E-state index contributed by atoms with van der Waals surface area (Å²) >= 11 is 0. The normalized spacial score (nSPS) is 18.2. The van der Waals surface area contributed by atoms with Gasteiger partial charge in [-0.05, 0) is 41.8 Å². The number of fused-ring (bicyclic) bond motifs is 1. The molecule has 2 aromatic rings. The third kappa shape index (κ3) is 2.92. The van der Waals surface area contributed by atoms with Crippen molar-refractivity contribution in [3.8, 4) is 0 Å². The highest BCUT2D eigenvalue weighted by atomic mass is 19.1. The monoisotopic (exact) mass is 286 g/mol. The van der Waals surface area contributed by atoms with Crippen LogP contribution in [0.4, 0.5) is 4.39 Å². The van der Waals surface area contributed by atoms with Crippen LogP contribution in [-0.4, -0.2) is 27.0 Å². The van der Waals surface area contributed by atoms with Gasteiger partial charge in [-0.1, -0.05) is 12.1 Å². The van der Waals surface area contributed by atoms with Crippen LogP contribution in [0.1, 0.15) is 16.8 Å². The first kappa shape index (κ1) is 13.7. The van der Waals surface area contributed by atoms with Gasteiger partial charge >= 0.3 is 5.97 Å². The number of halogens is 1. The zero-order chi connectivity index (χ0) is 14.8. The fraction of sp³-hybridized carbons (Fsp3) is 0.250. The molecule has 0 saturated carbocycles. The summed E-state index contributed by atoms with van der Waals surface area (Å²) in [5, 5.41) is 9.43. The molecule has 0 amide bonds. The van der Waals surface area contributed by atoms with Gasteiger partial charge in [-0.2, -0.15) is 0 Å². The molecule has 0 saturated heterocycles. The van der Waals surface area contributed by atoms with E-state index >= 15 is 0 Å². The van der Waals surface area contributed by atoms with Gasteiger partial charge in [-0.15, -0.1) is 0 Å². The van der Waals surface area contributed by atoms with Crippen LogP contribution in [0.15, 0.2) is 42.6 Å². The minimum absolute atomic E-state index is 0.291. The lowest BCUT2D eigenvalue weighted by Gasteiger charge is -2.34. The number of hydrogen-bond acceptors (Lipinski definition) is 3. The van der Waals surface area contributed by atoms with Crippen molar-refractivity contribution in [2.45, 2.75) is 25.6 Å². The highest BCUT2D eigenvalue weighted by molar-refractivity contribution is 5.74. The van der Waals surface area contributed by atoms with Crippen molar-refractivity contribution in [3.05, 3.63) is 65.2 Å². The SMILES string of the molecule is O=C(O)[C@@H]1Cc2ccc(F)cc2CN1Cc1ccccn1. The van der Waals surface area contributed by atoms with Crippen LogP contribution in [0.3, 0.4) is 0 Å². The number of pyridine rings is 1. The summed E-state index contributed by atoms with van der Waals surface area (Å²) in [6.07, 6.45) is 2.07. The van der Waals surface area contributed by atoms with Gasteiger partial charge in [0.1, 0.15) is 11.9 Å². The van der Waals surface area contributed by atoms with Crippen molar-refractivity contribution in [1.82, 2.24) is 9.88 Å². The Labute approximate surface area is 121 Å². The molecular weight excluding hydrogens is 271 g/mol. The lowest BCUT2D eigenvalue weighted by atomic mass is 9.93. The van der Waals surface area contributed by atoms with Crippen LogP contribution < -0.4 is 0 Å². The Morgan fingerprint density at radius 1 is 1.33 bits per heavy atom. The molecule has 1 aliphatic rings. The third-order valence-electron chi connectivity index (χ3n) is 3.77. The average molecular weight is 286 g/mol. The zero-order valence-electron chi connectivity index (χ0n) is 11.4. The fourth-order valence-electron chi connectivity index (χ4n) is 2.72. The highest BCUT2D eigenvalue weighted by Gasteiger charge is 2.31. The molecule has 1 aromatic carbocycles. The molecule has 1 atom stereocenters. The molecule has 0 fully saturated rings. The topological polar surface area (TPSA) is 53.4 Å². The van der Waals surface area contributed by atoms with Gasteiger partial charge in [-0.25, -0.2) is 4.39 Å². The second kappa shape index (κ2) is 5.61. The Bertz CT molecular complexity index is 661. The van der Waals surface area contributed by atoms with Crippen LogP contribution >= 0.6 is 0 Å². The van der Waals surface area contributed by atoms with Gasteiger partial charge in [0.15, 0.2) is 0 Å². The Morgan fingerprint density at radius 2 is 2.19 bits per heavy atom. The van der Waals surface area contributed by atoms with E-state index < -0.39 is 12.0 Å². The molecule has 1 aliphatic heterocycles. The van der Waals surface area contributed by atoms with E-state index in [2.05, 4.69) is 4.98 Å². The zero-order valence-corrected chi connectivity index (χ0v) is 11.4. The van der Waals surface area contributed by atoms with E-state index in [1.807, 2.05) is 23.1 Å². The lowest BCUT2D eigenvalue weighted by molar-refractivity contribution is -0.144. The predicted octanol–water partition coefficient (Wildman–Crippen LogP) is 2.23. The van der Waals surface area contributed by atoms with Crippen molar-refractivity contribution in [1.29, 1.82) is 0 Å². The first-order valence-electron chi connectivity index (χ1n) is 6.77. The Kier molecular flexibility index (Phi) is 3.66. The fourth-order valence-corrected chi connectivity index (χ4v) is 2.72. The molecule has 0 bridgehead atoms. The van der Waals surface area contributed by atoms with E-state index in [0.29, 0.717) is 19.5 Å². The minimum atomic E-state index is -0.860. The van der Waals surface area contributed by atoms with Crippen LogP contribution in [0.25, 0.3) is 0 Å². The lowest BCUT2D eigenvalue weighted by Crippen LogP contribution is -2.45. The van der Waals surface area contributed by atoms with Crippen LogP contribution in [0.5, 0.6) is 0 Å². The molecule has 2 heterocycles. The molecule has 0 aliphatic carbocycles. The third-order valence-corrected chi connectivity index (χ3v) is 3.77.